The Bertz CT molecular complexity index is 1720. The third-order valence-electron chi connectivity index (χ3n) is 9.69. The summed E-state index contributed by atoms with van der Waals surface area (Å²) in [5, 5.41) is 11.5. The maximum atomic E-state index is 14.0. The highest BCUT2D eigenvalue weighted by atomic mass is 16.5. The molecule has 1 unspecified atom stereocenters. The van der Waals surface area contributed by atoms with E-state index >= 15 is 0 Å². The summed E-state index contributed by atoms with van der Waals surface area (Å²) in [6.45, 7) is 20.7. The number of carbonyl (C=O) groups excluding carboxylic acids is 2. The number of ether oxygens (including phenoxy) is 1. The summed E-state index contributed by atoms with van der Waals surface area (Å²) < 4.78 is 6.81. The number of phenols is 1. The van der Waals surface area contributed by atoms with E-state index in [2.05, 4.69) is 85.8 Å². The first kappa shape index (κ1) is 36.9. The summed E-state index contributed by atoms with van der Waals surface area (Å²) in [7, 11) is 0. The van der Waals surface area contributed by atoms with Gasteiger partial charge in [-0.15, -0.1) is 0 Å². The van der Waals surface area contributed by atoms with Gasteiger partial charge in [0.2, 0.25) is 0 Å². The molecule has 2 atom stereocenters. The van der Waals surface area contributed by atoms with Gasteiger partial charge in [-0.2, -0.15) is 0 Å². The van der Waals surface area contributed by atoms with Crippen LogP contribution < -0.4 is 4.74 Å². The van der Waals surface area contributed by atoms with Crippen LogP contribution in [0.1, 0.15) is 136 Å². The van der Waals surface area contributed by atoms with E-state index in [4.69, 9.17) is 4.74 Å². The number of fused-ring (bicyclic) bond motifs is 1. The van der Waals surface area contributed by atoms with Crippen LogP contribution in [0.15, 0.2) is 93.2 Å². The number of aryl methyl sites for hydroxylation is 1. The number of ketones is 2. The maximum Gasteiger partial charge on any atom is 0.187 e. The summed E-state index contributed by atoms with van der Waals surface area (Å²) in [5.41, 5.74) is 10.1. The predicted octanol–water partition coefficient (Wildman–Crippen LogP) is 11.6. The zero-order chi connectivity index (χ0) is 35.3. The van der Waals surface area contributed by atoms with Crippen LogP contribution in [0.25, 0.3) is 5.57 Å². The molecule has 1 heterocycles. The molecule has 0 amide bonds. The van der Waals surface area contributed by atoms with Crippen LogP contribution in [-0.2, 0) is 9.59 Å². The van der Waals surface area contributed by atoms with Gasteiger partial charge in [-0.25, -0.2) is 0 Å². The first-order valence-electron chi connectivity index (χ1n) is 17.7. The van der Waals surface area contributed by atoms with E-state index in [0.29, 0.717) is 33.6 Å². The van der Waals surface area contributed by atoms with Crippen molar-refractivity contribution in [1.82, 2.24) is 0 Å². The Morgan fingerprint density at radius 2 is 1.40 bits per heavy atom. The molecule has 1 aliphatic heterocycles. The molecule has 4 heteroatoms. The number of aromatic hydroxyl groups is 1. The number of rotatable bonds is 13. The van der Waals surface area contributed by atoms with Gasteiger partial charge in [-0.05, 0) is 150 Å². The lowest BCUT2D eigenvalue weighted by molar-refractivity contribution is -0.115. The number of hydrogen-bond donors (Lipinski definition) is 1. The molecular formula is C44H56O4. The number of Topliss-reactive ketones (excluding diaryl/α,β-unsaturated/α-hetero) is 1. The Hall–Kier alpha value is -3.92. The molecule has 256 valence electrons. The average molecular weight is 649 g/mol. The Labute approximate surface area is 289 Å². The first-order valence-corrected chi connectivity index (χ1v) is 17.7. The molecule has 1 aromatic carbocycles. The maximum absolute atomic E-state index is 14.0. The van der Waals surface area contributed by atoms with E-state index in [1.54, 1.807) is 13.0 Å². The normalized spacial score (nSPS) is 20.9. The highest BCUT2D eigenvalue weighted by Crippen LogP contribution is 2.56. The van der Waals surface area contributed by atoms with Crippen molar-refractivity contribution < 1.29 is 19.4 Å². The van der Waals surface area contributed by atoms with Gasteiger partial charge < -0.3 is 9.84 Å². The number of allylic oxidation sites excluding steroid dienone is 15. The average Bonchev–Trinajstić information content (AvgIpc) is 2.98. The number of phenolic OH excluding ortho intramolecular Hbond substituents is 1. The zero-order valence-electron chi connectivity index (χ0n) is 31.0. The van der Waals surface area contributed by atoms with Crippen LogP contribution in [0, 0.1) is 6.92 Å². The van der Waals surface area contributed by atoms with Crippen LogP contribution in [0.5, 0.6) is 11.5 Å². The standard InChI is InChI=1S/C44H56O4/c1-27(2)15-11-17-29(5)19-13-20-31(7)23-34-38-37(46)25-33(9)43-41(38)35(39-36(45)24-32(8)42(47)40(34)39)26-44(10,48-43)22-14-21-30(6)18-12-16-28(3)4/h15-16,19,21,23-26,34,46H,11-14,17-18,20,22H2,1-10H3/b29-19+,30-21+,31-23-/t34?,44-/m1/s1. The monoisotopic (exact) mass is 648 g/mol. The Kier molecular flexibility index (Phi) is 11.9. The van der Waals surface area contributed by atoms with Crippen molar-refractivity contribution in [2.75, 3.05) is 0 Å². The topological polar surface area (TPSA) is 63.6 Å². The summed E-state index contributed by atoms with van der Waals surface area (Å²) in [5.74, 6) is -0.0202. The van der Waals surface area contributed by atoms with Gasteiger partial charge in [0.15, 0.2) is 11.6 Å². The fourth-order valence-electron chi connectivity index (χ4n) is 7.05. The van der Waals surface area contributed by atoms with E-state index in [1.807, 2.05) is 13.0 Å². The molecule has 4 rings (SSSR count). The quantitative estimate of drug-likeness (QED) is 0.171. The summed E-state index contributed by atoms with van der Waals surface area (Å²) in [6.07, 6.45) is 22.1. The van der Waals surface area contributed by atoms with Crippen LogP contribution in [0.2, 0.25) is 0 Å². The lowest BCUT2D eigenvalue weighted by Crippen LogP contribution is -2.37. The number of hydrogen-bond acceptors (Lipinski definition) is 4. The second kappa shape index (κ2) is 15.5. The van der Waals surface area contributed by atoms with E-state index in [9.17, 15) is 14.7 Å². The van der Waals surface area contributed by atoms with E-state index in [-0.39, 0.29) is 17.3 Å². The third-order valence-corrected chi connectivity index (χ3v) is 9.69. The fourth-order valence-corrected chi connectivity index (χ4v) is 7.05. The SMILES string of the molecule is CC(C)=CCC/C(C)=C/CC/C(C)=C\C1C2=C(C(=O)C=C(C)C2=O)C2=C[C@@](C)(CC/C=C(\C)CCC=C(C)C)Oc3c(C)cc(O)c1c32. The Balaban J connectivity index is 1.73. The van der Waals surface area contributed by atoms with E-state index < -0.39 is 11.5 Å². The molecule has 0 spiro atoms. The summed E-state index contributed by atoms with van der Waals surface area (Å²) in [6, 6.07) is 1.75. The molecule has 1 aromatic rings. The molecule has 0 fully saturated rings. The van der Waals surface area contributed by atoms with Crippen molar-refractivity contribution in [2.24, 2.45) is 0 Å². The van der Waals surface area contributed by atoms with Crippen LogP contribution >= 0.6 is 0 Å². The van der Waals surface area contributed by atoms with Crippen LogP contribution in [0.3, 0.4) is 0 Å². The van der Waals surface area contributed by atoms with Crippen molar-refractivity contribution in [3.8, 4) is 11.5 Å². The second-order valence-electron chi connectivity index (χ2n) is 14.9. The zero-order valence-corrected chi connectivity index (χ0v) is 31.0. The third kappa shape index (κ3) is 8.56. The predicted molar refractivity (Wildman–Crippen MR) is 200 cm³/mol. The first-order chi connectivity index (χ1) is 22.6. The van der Waals surface area contributed by atoms with Gasteiger partial charge in [0.25, 0.3) is 0 Å². The number of benzene rings is 1. The van der Waals surface area contributed by atoms with Gasteiger partial charge in [0.05, 0.1) is 0 Å². The minimum atomic E-state index is -0.690. The van der Waals surface area contributed by atoms with Crippen molar-refractivity contribution in [3.05, 3.63) is 110 Å². The van der Waals surface area contributed by atoms with Crippen molar-refractivity contribution in [1.29, 1.82) is 0 Å². The highest BCUT2D eigenvalue weighted by Gasteiger charge is 2.45. The van der Waals surface area contributed by atoms with E-state index in [0.717, 1.165) is 68.1 Å². The molecule has 0 bridgehead atoms. The molecular weight excluding hydrogens is 592 g/mol. The lowest BCUT2D eigenvalue weighted by atomic mass is 9.67. The molecule has 0 radical (unpaired) electrons. The molecule has 3 aliphatic rings. The van der Waals surface area contributed by atoms with Gasteiger partial charge in [-0.1, -0.05) is 58.2 Å². The minimum absolute atomic E-state index is 0.127. The minimum Gasteiger partial charge on any atom is -0.508 e. The Morgan fingerprint density at radius 1 is 0.833 bits per heavy atom. The van der Waals surface area contributed by atoms with Crippen molar-refractivity contribution >= 4 is 17.1 Å². The van der Waals surface area contributed by atoms with E-state index in [1.165, 1.54) is 28.4 Å². The van der Waals surface area contributed by atoms with Crippen molar-refractivity contribution in [2.45, 2.75) is 132 Å². The Morgan fingerprint density at radius 3 is 2.00 bits per heavy atom. The molecule has 4 nitrogen and oxygen atoms in total. The van der Waals surface area contributed by atoms with Crippen molar-refractivity contribution in [3.63, 3.8) is 0 Å². The van der Waals surface area contributed by atoms with Crippen LogP contribution in [-0.4, -0.2) is 22.3 Å². The fraction of sp³-hybridized carbons (Fsp3) is 0.455. The summed E-state index contributed by atoms with van der Waals surface area (Å²) >= 11 is 0. The summed E-state index contributed by atoms with van der Waals surface area (Å²) in [4.78, 5) is 27.8. The van der Waals surface area contributed by atoms with Gasteiger partial charge in [-0.3, -0.25) is 9.59 Å². The molecule has 0 saturated heterocycles. The molecule has 0 aromatic heterocycles. The highest BCUT2D eigenvalue weighted by molar-refractivity contribution is 6.30. The van der Waals surface area contributed by atoms with Gasteiger partial charge in [0, 0.05) is 33.8 Å². The smallest absolute Gasteiger partial charge is 0.187 e. The number of carbonyl (C=O) groups is 2. The molecule has 2 aliphatic carbocycles. The van der Waals surface area contributed by atoms with Gasteiger partial charge in [0.1, 0.15) is 17.1 Å². The van der Waals surface area contributed by atoms with Gasteiger partial charge >= 0.3 is 0 Å². The molecule has 48 heavy (non-hydrogen) atoms. The lowest BCUT2D eigenvalue weighted by Gasteiger charge is -2.41. The molecule has 1 N–H and O–H groups in total. The largest absolute Gasteiger partial charge is 0.508 e. The van der Waals surface area contributed by atoms with Crippen LogP contribution in [0.4, 0.5) is 0 Å². The molecule has 0 saturated carbocycles. The second-order valence-corrected chi connectivity index (χ2v) is 14.9.